The van der Waals surface area contributed by atoms with Gasteiger partial charge in [0.2, 0.25) is 0 Å². The van der Waals surface area contributed by atoms with Crippen molar-refractivity contribution < 1.29 is 23.2 Å². The van der Waals surface area contributed by atoms with Gasteiger partial charge >= 0.3 is 0 Å². The van der Waals surface area contributed by atoms with Crippen LogP contribution in [0.25, 0.3) is 49.9 Å². The fourth-order valence-corrected chi connectivity index (χ4v) is 9.78. The number of ether oxygens (including phenoxy) is 2. The second kappa shape index (κ2) is 17.9. The molecule has 3 heterocycles. The molecule has 358 valence electrons. The third-order valence-corrected chi connectivity index (χ3v) is 13.3. The van der Waals surface area contributed by atoms with Gasteiger partial charge in [-0.2, -0.15) is 0 Å². The van der Waals surface area contributed by atoms with Gasteiger partial charge in [-0.3, -0.25) is 4.57 Å². The summed E-state index contributed by atoms with van der Waals surface area (Å²) >= 11 is 0. The molecular formula is C66H62N4O2. The van der Waals surface area contributed by atoms with Crippen molar-refractivity contribution in [1.29, 1.82) is 0 Å². The summed E-state index contributed by atoms with van der Waals surface area (Å²) in [4.78, 5) is 8.91. The summed E-state index contributed by atoms with van der Waals surface area (Å²) in [5, 5.41) is 2.05. The number of para-hydroxylation sites is 4. The molecular weight excluding hydrogens is 881 g/mol. The van der Waals surface area contributed by atoms with Crippen molar-refractivity contribution in [3.63, 3.8) is 0 Å². The maximum atomic E-state index is 9.30. The first kappa shape index (κ1) is 35.9. The van der Waals surface area contributed by atoms with Crippen LogP contribution in [-0.4, -0.2) is 16.2 Å². The minimum atomic E-state index is -0.619. The fraction of sp³-hybridized carbons (Fsp3) is 0.197. The topological polar surface area (TPSA) is 42.8 Å². The molecule has 0 atom stereocenters. The highest BCUT2D eigenvalue weighted by atomic mass is 16.5. The molecule has 1 aliphatic rings. The third kappa shape index (κ3) is 8.65. The van der Waals surface area contributed by atoms with Gasteiger partial charge in [-0.15, -0.1) is 0 Å². The molecule has 0 fully saturated rings. The number of aromatic nitrogens is 2. The number of hydrogen-bond donors (Lipinski definition) is 0. The van der Waals surface area contributed by atoms with Crippen molar-refractivity contribution in [2.45, 2.75) is 78.6 Å². The summed E-state index contributed by atoms with van der Waals surface area (Å²) in [6, 6.07) is 38.4. The molecule has 1 aliphatic heterocycles. The van der Waals surface area contributed by atoms with Crippen molar-refractivity contribution in [2.24, 2.45) is 0 Å². The SMILES string of the molecule is [2H]c1c([2H])c([2H])c(-c2cc(C(C)(C)C)cc(-c3c([2H])c([2H])c([2H])c([2H])c3[2H])c2N2CN(c3cccc(Oc4ccc5c6ccccc6n(-c6cc(Oc7c(C(C)(C)C)cccc7C(C)(C)C)ccn6)c5c4)c3)c3ccccc32)c([2H])c1[2H]. The fourth-order valence-electron chi connectivity index (χ4n) is 9.78. The van der Waals surface area contributed by atoms with Crippen molar-refractivity contribution >= 4 is 44.6 Å². The first-order valence-corrected chi connectivity index (χ1v) is 24.3. The molecule has 0 radical (unpaired) electrons. The van der Waals surface area contributed by atoms with Gasteiger partial charge in [0.1, 0.15) is 35.5 Å². The van der Waals surface area contributed by atoms with Gasteiger partial charge in [0.15, 0.2) is 0 Å². The number of benzene rings is 8. The zero-order valence-electron chi connectivity index (χ0n) is 52.1. The number of fused-ring (bicyclic) bond motifs is 4. The van der Waals surface area contributed by atoms with Crippen LogP contribution < -0.4 is 19.3 Å². The average Bonchev–Trinajstić information content (AvgIpc) is 4.10. The van der Waals surface area contributed by atoms with Crippen LogP contribution >= 0.6 is 0 Å². The molecule has 6 heteroatoms. The first-order valence-electron chi connectivity index (χ1n) is 29.3. The van der Waals surface area contributed by atoms with Crippen LogP contribution in [0.1, 0.15) is 92.7 Å². The molecule has 0 bridgehead atoms. The van der Waals surface area contributed by atoms with Crippen molar-refractivity contribution in [3.05, 3.63) is 217 Å². The summed E-state index contributed by atoms with van der Waals surface area (Å²) in [5.74, 6) is 3.27. The van der Waals surface area contributed by atoms with E-state index in [-0.39, 0.29) is 39.8 Å². The zero-order chi connectivity index (χ0) is 58.6. The minimum absolute atomic E-state index is 0.0866. The molecule has 8 aromatic carbocycles. The van der Waals surface area contributed by atoms with Crippen LogP contribution in [-0.2, 0) is 16.2 Å². The number of anilines is 4. The average molecular weight is 953 g/mol. The number of hydrogen-bond acceptors (Lipinski definition) is 5. The lowest BCUT2D eigenvalue weighted by Gasteiger charge is -2.30. The summed E-state index contributed by atoms with van der Waals surface area (Å²) in [6.45, 7) is 19.2. The van der Waals surface area contributed by atoms with E-state index < -0.39 is 65.8 Å². The first-order chi connectivity index (χ1) is 38.7. The van der Waals surface area contributed by atoms with Gasteiger partial charge < -0.3 is 19.3 Å². The van der Waals surface area contributed by atoms with Crippen LogP contribution in [0.4, 0.5) is 22.7 Å². The molecule has 0 aliphatic carbocycles. The Bertz CT molecular complexity index is 4070. The molecule has 11 rings (SSSR count). The second-order valence-electron chi connectivity index (χ2n) is 21.4. The van der Waals surface area contributed by atoms with E-state index in [4.69, 9.17) is 22.7 Å². The standard InChI is InChI=1S/C66H62N4O2/c1-64(2,3)46-38-53(44-22-12-10-13-23-44)62(54(39-46)45-24-14-11-15-25-45)69-43-68(58-32-18-19-33-59(58)69)47-26-20-27-48(40-47)71-49-34-35-52-51-28-16-17-31-57(51)70(60(52)41-49)61-42-50(36-37-67-61)72-63-55(65(4,5)6)29-21-30-56(63)66(7,8)9/h10-42H,43H2,1-9H3/i10D,11D,12D,13D,14D,15D,22D,23D,24D,25D. The van der Waals surface area contributed by atoms with E-state index in [0.29, 0.717) is 40.0 Å². The summed E-state index contributed by atoms with van der Waals surface area (Å²) in [7, 11) is 0. The Kier molecular flexibility index (Phi) is 8.95. The van der Waals surface area contributed by atoms with Crippen molar-refractivity contribution in [2.75, 3.05) is 16.5 Å². The largest absolute Gasteiger partial charge is 0.457 e. The molecule has 0 unspecified atom stereocenters. The monoisotopic (exact) mass is 953 g/mol. The molecule has 0 N–H and O–H groups in total. The molecule has 0 amide bonds. The minimum Gasteiger partial charge on any atom is -0.457 e. The van der Waals surface area contributed by atoms with Gasteiger partial charge in [-0.1, -0.05) is 177 Å². The van der Waals surface area contributed by atoms with Crippen LogP contribution in [0.5, 0.6) is 23.0 Å². The maximum Gasteiger partial charge on any atom is 0.141 e. The molecule has 2 aromatic heterocycles. The van der Waals surface area contributed by atoms with Crippen LogP contribution in [0.2, 0.25) is 0 Å². The van der Waals surface area contributed by atoms with Crippen LogP contribution in [0.3, 0.4) is 0 Å². The van der Waals surface area contributed by atoms with Crippen molar-refractivity contribution in [3.8, 4) is 51.1 Å². The van der Waals surface area contributed by atoms with E-state index in [2.05, 4.69) is 87.4 Å². The Balaban J connectivity index is 1.02. The molecule has 0 saturated heterocycles. The Labute approximate surface area is 438 Å². The summed E-state index contributed by atoms with van der Waals surface area (Å²) in [6.07, 6.45) is 1.78. The van der Waals surface area contributed by atoms with Gasteiger partial charge in [-0.25, -0.2) is 4.98 Å². The lowest BCUT2D eigenvalue weighted by atomic mass is 9.79. The highest BCUT2D eigenvalue weighted by molar-refractivity contribution is 6.09. The lowest BCUT2D eigenvalue weighted by molar-refractivity contribution is 0.432. The van der Waals surface area contributed by atoms with E-state index in [1.165, 1.54) is 0 Å². The Morgan fingerprint density at radius 1 is 0.486 bits per heavy atom. The molecule has 72 heavy (non-hydrogen) atoms. The molecule has 6 nitrogen and oxygen atoms in total. The van der Waals surface area contributed by atoms with E-state index in [9.17, 15) is 5.48 Å². The van der Waals surface area contributed by atoms with Gasteiger partial charge in [0.25, 0.3) is 0 Å². The quantitative estimate of drug-likeness (QED) is 0.144. The van der Waals surface area contributed by atoms with E-state index >= 15 is 0 Å². The maximum absolute atomic E-state index is 9.30. The normalized spacial score (nSPS) is 14.9. The van der Waals surface area contributed by atoms with Gasteiger partial charge in [0.05, 0.1) is 41.8 Å². The molecule has 0 saturated carbocycles. The number of rotatable bonds is 9. The van der Waals surface area contributed by atoms with Crippen LogP contribution in [0.15, 0.2) is 200 Å². The highest BCUT2D eigenvalue weighted by Gasteiger charge is 2.33. The predicted octanol–water partition coefficient (Wildman–Crippen LogP) is 18.2. The van der Waals surface area contributed by atoms with Crippen LogP contribution in [0, 0.1) is 0 Å². The number of pyridine rings is 1. The smallest absolute Gasteiger partial charge is 0.141 e. The van der Waals surface area contributed by atoms with E-state index in [1.807, 2.05) is 111 Å². The second-order valence-corrected chi connectivity index (χ2v) is 21.4. The zero-order valence-corrected chi connectivity index (χ0v) is 42.1. The predicted molar refractivity (Wildman–Crippen MR) is 301 cm³/mol. The third-order valence-electron chi connectivity index (χ3n) is 13.3. The summed E-state index contributed by atoms with van der Waals surface area (Å²) < 4.78 is 105. The Morgan fingerprint density at radius 3 is 1.69 bits per heavy atom. The van der Waals surface area contributed by atoms with Gasteiger partial charge in [-0.05, 0) is 93.6 Å². The Morgan fingerprint density at radius 2 is 1.06 bits per heavy atom. The number of nitrogens with zero attached hydrogens (tertiary/aromatic N) is 4. The van der Waals surface area contributed by atoms with E-state index in [0.717, 1.165) is 50.1 Å². The summed E-state index contributed by atoms with van der Waals surface area (Å²) in [5.41, 5.74) is 6.47. The molecule has 10 aromatic rings. The van der Waals surface area contributed by atoms with Crippen molar-refractivity contribution in [1.82, 2.24) is 9.55 Å². The molecule has 0 spiro atoms. The Hall–Kier alpha value is -8.09. The highest BCUT2D eigenvalue weighted by Crippen LogP contribution is 2.52. The lowest BCUT2D eigenvalue weighted by Crippen LogP contribution is -2.25. The van der Waals surface area contributed by atoms with E-state index in [1.54, 1.807) is 18.3 Å². The van der Waals surface area contributed by atoms with Gasteiger partial charge in [0, 0.05) is 63.1 Å².